The second-order valence-electron chi connectivity index (χ2n) is 5.09. The SMILES string of the molecule is C[C@@H]1CN(C(=O)C2Cc3ccccc32)CCN1. The van der Waals surface area contributed by atoms with Gasteiger partial charge in [-0.15, -0.1) is 0 Å². The summed E-state index contributed by atoms with van der Waals surface area (Å²) >= 11 is 0. The molecule has 0 spiro atoms. The summed E-state index contributed by atoms with van der Waals surface area (Å²) in [6, 6.07) is 8.71. The van der Waals surface area contributed by atoms with Crippen molar-refractivity contribution in [1.29, 1.82) is 0 Å². The average molecular weight is 230 g/mol. The van der Waals surface area contributed by atoms with Crippen LogP contribution in [0.4, 0.5) is 0 Å². The van der Waals surface area contributed by atoms with E-state index in [0.717, 1.165) is 26.1 Å². The molecule has 0 aromatic heterocycles. The van der Waals surface area contributed by atoms with Crippen LogP contribution in [0.2, 0.25) is 0 Å². The van der Waals surface area contributed by atoms with Gasteiger partial charge in [0.15, 0.2) is 0 Å². The second-order valence-corrected chi connectivity index (χ2v) is 5.09. The molecule has 1 saturated heterocycles. The fraction of sp³-hybridized carbons (Fsp3) is 0.500. The van der Waals surface area contributed by atoms with E-state index in [1.807, 2.05) is 17.0 Å². The molecule has 1 aromatic carbocycles. The predicted octanol–water partition coefficient (Wildman–Crippen LogP) is 1.15. The number of carbonyl (C=O) groups excluding carboxylic acids is 1. The molecule has 0 bridgehead atoms. The third-order valence-corrected chi connectivity index (χ3v) is 3.83. The highest BCUT2D eigenvalue weighted by Crippen LogP contribution is 2.36. The molecule has 3 heteroatoms. The minimum Gasteiger partial charge on any atom is -0.339 e. The van der Waals surface area contributed by atoms with Crippen LogP contribution in [0.25, 0.3) is 0 Å². The van der Waals surface area contributed by atoms with Crippen molar-refractivity contribution in [3.05, 3.63) is 35.4 Å². The van der Waals surface area contributed by atoms with E-state index in [1.165, 1.54) is 11.1 Å². The highest BCUT2D eigenvalue weighted by Gasteiger charge is 2.35. The van der Waals surface area contributed by atoms with Gasteiger partial charge < -0.3 is 10.2 Å². The largest absolute Gasteiger partial charge is 0.339 e. The summed E-state index contributed by atoms with van der Waals surface area (Å²) in [7, 11) is 0. The lowest BCUT2D eigenvalue weighted by Gasteiger charge is -2.37. The van der Waals surface area contributed by atoms with Gasteiger partial charge in [0.1, 0.15) is 0 Å². The van der Waals surface area contributed by atoms with Crippen molar-refractivity contribution in [2.45, 2.75) is 25.3 Å². The Kier molecular flexibility index (Phi) is 2.63. The van der Waals surface area contributed by atoms with E-state index in [4.69, 9.17) is 0 Å². The minimum atomic E-state index is 0.122. The lowest BCUT2D eigenvalue weighted by Crippen LogP contribution is -2.53. The zero-order valence-corrected chi connectivity index (χ0v) is 10.1. The number of fused-ring (bicyclic) bond motifs is 1. The first-order valence-corrected chi connectivity index (χ1v) is 6.35. The Bertz CT molecular complexity index is 444. The van der Waals surface area contributed by atoms with Crippen LogP contribution in [-0.2, 0) is 11.2 Å². The summed E-state index contributed by atoms with van der Waals surface area (Å²) in [6.45, 7) is 4.74. The summed E-state index contributed by atoms with van der Waals surface area (Å²) in [5.74, 6) is 0.438. The highest BCUT2D eigenvalue weighted by atomic mass is 16.2. The Morgan fingerprint density at radius 2 is 2.24 bits per heavy atom. The summed E-state index contributed by atoms with van der Waals surface area (Å²) < 4.78 is 0. The van der Waals surface area contributed by atoms with Crippen molar-refractivity contribution in [2.75, 3.05) is 19.6 Å². The molecule has 1 unspecified atom stereocenters. The van der Waals surface area contributed by atoms with E-state index in [1.54, 1.807) is 0 Å². The Morgan fingerprint density at radius 3 is 3.00 bits per heavy atom. The van der Waals surface area contributed by atoms with Crippen molar-refractivity contribution >= 4 is 5.91 Å². The molecular formula is C14H18N2O. The lowest BCUT2D eigenvalue weighted by atomic mass is 9.76. The van der Waals surface area contributed by atoms with E-state index < -0.39 is 0 Å². The number of hydrogen-bond donors (Lipinski definition) is 1. The molecule has 1 aliphatic heterocycles. The average Bonchev–Trinajstić information content (AvgIpc) is 2.30. The van der Waals surface area contributed by atoms with Gasteiger partial charge in [0, 0.05) is 25.7 Å². The number of nitrogens with one attached hydrogen (secondary N) is 1. The summed E-state index contributed by atoms with van der Waals surface area (Å²) in [5, 5.41) is 3.37. The van der Waals surface area contributed by atoms with Crippen molar-refractivity contribution in [1.82, 2.24) is 10.2 Å². The fourth-order valence-corrected chi connectivity index (χ4v) is 2.83. The number of carbonyl (C=O) groups is 1. The first-order chi connectivity index (χ1) is 8.25. The van der Waals surface area contributed by atoms with Crippen LogP contribution < -0.4 is 5.32 Å². The molecule has 1 aromatic rings. The Balaban J connectivity index is 1.72. The van der Waals surface area contributed by atoms with Gasteiger partial charge in [-0.05, 0) is 24.5 Å². The van der Waals surface area contributed by atoms with Crippen LogP contribution in [0.5, 0.6) is 0 Å². The maximum Gasteiger partial charge on any atom is 0.230 e. The quantitative estimate of drug-likeness (QED) is 0.785. The van der Waals surface area contributed by atoms with Crippen LogP contribution in [-0.4, -0.2) is 36.5 Å². The molecule has 17 heavy (non-hydrogen) atoms. The smallest absolute Gasteiger partial charge is 0.230 e. The minimum absolute atomic E-state index is 0.122. The Morgan fingerprint density at radius 1 is 1.41 bits per heavy atom. The normalized spacial score (nSPS) is 27.2. The van der Waals surface area contributed by atoms with Gasteiger partial charge in [0.05, 0.1) is 5.92 Å². The molecule has 0 radical (unpaired) electrons. The van der Waals surface area contributed by atoms with Crippen LogP contribution >= 0.6 is 0 Å². The molecule has 1 heterocycles. The summed E-state index contributed by atoms with van der Waals surface area (Å²) in [6.07, 6.45) is 0.924. The van der Waals surface area contributed by atoms with Gasteiger partial charge in [0.2, 0.25) is 5.91 Å². The van der Waals surface area contributed by atoms with E-state index in [0.29, 0.717) is 11.9 Å². The van der Waals surface area contributed by atoms with E-state index in [2.05, 4.69) is 24.4 Å². The first-order valence-electron chi connectivity index (χ1n) is 6.35. The zero-order valence-electron chi connectivity index (χ0n) is 10.1. The maximum absolute atomic E-state index is 12.4. The third-order valence-electron chi connectivity index (χ3n) is 3.83. The molecule has 1 amide bonds. The molecular weight excluding hydrogens is 212 g/mol. The number of benzene rings is 1. The Labute approximate surface area is 102 Å². The highest BCUT2D eigenvalue weighted by molar-refractivity contribution is 5.87. The van der Waals surface area contributed by atoms with E-state index >= 15 is 0 Å². The maximum atomic E-state index is 12.4. The lowest BCUT2D eigenvalue weighted by molar-refractivity contribution is -0.134. The van der Waals surface area contributed by atoms with Gasteiger partial charge in [-0.3, -0.25) is 4.79 Å². The third kappa shape index (κ3) is 1.84. The van der Waals surface area contributed by atoms with Crippen molar-refractivity contribution in [2.24, 2.45) is 0 Å². The molecule has 3 rings (SSSR count). The standard InChI is InChI=1S/C14H18N2O/c1-10-9-16(7-6-15-10)14(17)13-8-11-4-2-3-5-12(11)13/h2-5,10,13,15H,6-9H2,1H3/t10-,13?/m1/s1. The number of rotatable bonds is 1. The second kappa shape index (κ2) is 4.15. The monoisotopic (exact) mass is 230 g/mol. The molecule has 2 aliphatic rings. The van der Waals surface area contributed by atoms with Crippen LogP contribution in [0.1, 0.15) is 24.0 Å². The molecule has 0 saturated carbocycles. The van der Waals surface area contributed by atoms with E-state index in [9.17, 15) is 4.79 Å². The van der Waals surface area contributed by atoms with Crippen LogP contribution in [0.3, 0.4) is 0 Å². The van der Waals surface area contributed by atoms with Crippen LogP contribution in [0.15, 0.2) is 24.3 Å². The molecule has 1 N–H and O–H groups in total. The van der Waals surface area contributed by atoms with Gasteiger partial charge in [-0.25, -0.2) is 0 Å². The van der Waals surface area contributed by atoms with Gasteiger partial charge in [-0.1, -0.05) is 24.3 Å². The van der Waals surface area contributed by atoms with Gasteiger partial charge >= 0.3 is 0 Å². The predicted molar refractivity (Wildman–Crippen MR) is 66.9 cm³/mol. The molecule has 90 valence electrons. The van der Waals surface area contributed by atoms with Crippen molar-refractivity contribution < 1.29 is 4.79 Å². The summed E-state index contributed by atoms with van der Waals surface area (Å²) in [5.41, 5.74) is 2.58. The fourth-order valence-electron chi connectivity index (χ4n) is 2.83. The number of piperazine rings is 1. The van der Waals surface area contributed by atoms with Crippen molar-refractivity contribution in [3.63, 3.8) is 0 Å². The topological polar surface area (TPSA) is 32.3 Å². The molecule has 3 nitrogen and oxygen atoms in total. The first kappa shape index (κ1) is 10.8. The van der Waals surface area contributed by atoms with Gasteiger partial charge in [-0.2, -0.15) is 0 Å². The summed E-state index contributed by atoms with van der Waals surface area (Å²) in [4.78, 5) is 14.4. The number of nitrogens with zero attached hydrogens (tertiary/aromatic N) is 1. The Hall–Kier alpha value is -1.35. The van der Waals surface area contributed by atoms with Crippen LogP contribution in [0, 0.1) is 0 Å². The zero-order chi connectivity index (χ0) is 11.8. The molecule has 1 aliphatic carbocycles. The van der Waals surface area contributed by atoms with E-state index in [-0.39, 0.29) is 5.92 Å². The number of hydrogen-bond acceptors (Lipinski definition) is 2. The molecule has 1 fully saturated rings. The number of amides is 1. The van der Waals surface area contributed by atoms with Crippen molar-refractivity contribution in [3.8, 4) is 0 Å². The molecule has 2 atom stereocenters. The van der Waals surface area contributed by atoms with Gasteiger partial charge in [0.25, 0.3) is 0 Å².